The number of carbonyl (C=O) groups excluding carboxylic acids is 1. The van der Waals surface area contributed by atoms with Crippen LogP contribution in [-0.4, -0.2) is 54.0 Å². The van der Waals surface area contributed by atoms with E-state index in [9.17, 15) is 4.79 Å². The Bertz CT molecular complexity index is 667. The molecular formula is C19H23N3O2. The fourth-order valence-corrected chi connectivity index (χ4v) is 3.03. The first-order valence-electron chi connectivity index (χ1n) is 8.27. The summed E-state index contributed by atoms with van der Waals surface area (Å²) in [5, 5.41) is 0. The third-order valence-corrected chi connectivity index (χ3v) is 4.39. The Kier molecular flexibility index (Phi) is 5.43. The number of piperazine rings is 1. The van der Waals surface area contributed by atoms with Crippen LogP contribution >= 0.6 is 0 Å². The minimum Gasteiger partial charge on any atom is -0.496 e. The summed E-state index contributed by atoms with van der Waals surface area (Å²) in [4.78, 5) is 21.0. The largest absolute Gasteiger partial charge is 0.496 e. The summed E-state index contributed by atoms with van der Waals surface area (Å²) in [7, 11) is 1.64. The molecule has 0 spiro atoms. The molecule has 0 saturated carbocycles. The summed E-state index contributed by atoms with van der Waals surface area (Å²) in [6, 6.07) is 11.8. The van der Waals surface area contributed by atoms with Gasteiger partial charge in [-0.25, -0.2) is 0 Å². The molecule has 0 atom stereocenters. The number of hydrogen-bond donors (Lipinski definition) is 0. The molecule has 2 heterocycles. The van der Waals surface area contributed by atoms with E-state index in [1.807, 2.05) is 41.4 Å². The number of hydrogen-bond acceptors (Lipinski definition) is 4. The number of rotatable bonds is 5. The topological polar surface area (TPSA) is 45.7 Å². The van der Waals surface area contributed by atoms with Crippen LogP contribution in [0.4, 0.5) is 0 Å². The Morgan fingerprint density at radius 2 is 1.92 bits per heavy atom. The maximum atomic E-state index is 12.5. The summed E-state index contributed by atoms with van der Waals surface area (Å²) in [6.07, 6.45) is 4.09. The molecule has 24 heavy (non-hydrogen) atoms. The van der Waals surface area contributed by atoms with Crippen molar-refractivity contribution in [2.75, 3.05) is 33.3 Å². The molecule has 0 bridgehead atoms. The van der Waals surface area contributed by atoms with Gasteiger partial charge in [-0.1, -0.05) is 24.3 Å². The molecule has 0 aliphatic carbocycles. The van der Waals surface area contributed by atoms with E-state index < -0.39 is 0 Å². The number of amides is 1. The van der Waals surface area contributed by atoms with E-state index in [1.165, 1.54) is 5.56 Å². The second-order valence-electron chi connectivity index (χ2n) is 6.01. The van der Waals surface area contributed by atoms with Gasteiger partial charge in [0.25, 0.3) is 0 Å². The van der Waals surface area contributed by atoms with Gasteiger partial charge in [0, 0.05) is 50.7 Å². The van der Waals surface area contributed by atoms with Crippen LogP contribution in [0.1, 0.15) is 11.1 Å². The highest BCUT2D eigenvalue weighted by Gasteiger charge is 2.22. The molecule has 0 N–H and O–H groups in total. The van der Waals surface area contributed by atoms with Crippen molar-refractivity contribution in [2.45, 2.75) is 13.0 Å². The number of carbonyl (C=O) groups is 1. The van der Waals surface area contributed by atoms with Gasteiger partial charge in [-0.3, -0.25) is 14.7 Å². The van der Waals surface area contributed by atoms with Crippen LogP contribution in [-0.2, 0) is 17.8 Å². The second kappa shape index (κ2) is 7.93. The number of pyridine rings is 1. The highest BCUT2D eigenvalue weighted by molar-refractivity contribution is 5.79. The number of aromatic nitrogens is 1. The summed E-state index contributed by atoms with van der Waals surface area (Å²) >= 11 is 0. The van der Waals surface area contributed by atoms with Gasteiger partial charge in [-0.2, -0.15) is 0 Å². The fraction of sp³-hybridized carbons (Fsp3) is 0.368. The lowest BCUT2D eigenvalue weighted by molar-refractivity contribution is -0.132. The molecule has 1 aromatic carbocycles. The molecule has 1 aliphatic rings. The Balaban J connectivity index is 1.52. The molecule has 1 fully saturated rings. The van der Waals surface area contributed by atoms with Gasteiger partial charge in [-0.05, 0) is 17.7 Å². The van der Waals surface area contributed by atoms with Crippen molar-refractivity contribution in [2.24, 2.45) is 0 Å². The van der Waals surface area contributed by atoms with Gasteiger partial charge < -0.3 is 9.64 Å². The molecule has 5 nitrogen and oxygen atoms in total. The van der Waals surface area contributed by atoms with Crippen LogP contribution in [0.3, 0.4) is 0 Å². The van der Waals surface area contributed by atoms with Crippen LogP contribution < -0.4 is 4.74 Å². The number of para-hydroxylation sites is 1. The van der Waals surface area contributed by atoms with Crippen molar-refractivity contribution in [3.63, 3.8) is 0 Å². The SMILES string of the molecule is COc1ccccc1CC(=O)N1CCN(Cc2cccnc2)CC1. The lowest BCUT2D eigenvalue weighted by Gasteiger charge is -2.34. The number of nitrogens with zero attached hydrogens (tertiary/aromatic N) is 3. The highest BCUT2D eigenvalue weighted by Crippen LogP contribution is 2.19. The molecule has 1 aliphatic heterocycles. The Morgan fingerprint density at radius 1 is 1.12 bits per heavy atom. The summed E-state index contributed by atoms with van der Waals surface area (Å²) < 4.78 is 5.33. The van der Waals surface area contributed by atoms with E-state index >= 15 is 0 Å². The lowest BCUT2D eigenvalue weighted by Crippen LogP contribution is -2.48. The van der Waals surface area contributed by atoms with Crippen molar-refractivity contribution < 1.29 is 9.53 Å². The first-order valence-corrected chi connectivity index (χ1v) is 8.27. The van der Waals surface area contributed by atoms with Gasteiger partial charge in [0.2, 0.25) is 5.91 Å². The van der Waals surface area contributed by atoms with Crippen LogP contribution in [0, 0.1) is 0 Å². The minimum absolute atomic E-state index is 0.167. The highest BCUT2D eigenvalue weighted by atomic mass is 16.5. The maximum absolute atomic E-state index is 12.5. The third kappa shape index (κ3) is 4.11. The average Bonchev–Trinajstić information content (AvgIpc) is 2.63. The van der Waals surface area contributed by atoms with Gasteiger partial charge in [-0.15, -0.1) is 0 Å². The Labute approximate surface area is 142 Å². The fourth-order valence-electron chi connectivity index (χ4n) is 3.03. The van der Waals surface area contributed by atoms with Gasteiger partial charge in [0.15, 0.2) is 0 Å². The second-order valence-corrected chi connectivity index (χ2v) is 6.01. The number of benzene rings is 1. The van der Waals surface area contributed by atoms with Crippen LogP contribution in [0.2, 0.25) is 0 Å². The molecule has 5 heteroatoms. The van der Waals surface area contributed by atoms with E-state index in [1.54, 1.807) is 13.3 Å². The quantitative estimate of drug-likeness (QED) is 0.843. The lowest BCUT2D eigenvalue weighted by atomic mass is 10.1. The molecule has 3 rings (SSSR count). The standard InChI is InChI=1S/C19H23N3O2/c1-24-18-7-3-2-6-17(18)13-19(23)22-11-9-21(10-12-22)15-16-5-4-8-20-14-16/h2-8,14H,9-13,15H2,1H3. The zero-order valence-electron chi connectivity index (χ0n) is 14.0. The van der Waals surface area contributed by atoms with E-state index in [2.05, 4.69) is 16.0 Å². The van der Waals surface area contributed by atoms with Crippen LogP contribution in [0.15, 0.2) is 48.8 Å². The zero-order valence-corrected chi connectivity index (χ0v) is 14.0. The van der Waals surface area contributed by atoms with Gasteiger partial charge in [0.05, 0.1) is 13.5 Å². The summed E-state index contributed by atoms with van der Waals surface area (Å²) in [6.45, 7) is 4.23. The average molecular weight is 325 g/mol. The van der Waals surface area contributed by atoms with Crippen molar-refractivity contribution in [1.29, 1.82) is 0 Å². The number of ether oxygens (including phenoxy) is 1. The predicted molar refractivity (Wildman–Crippen MR) is 92.8 cm³/mol. The number of methoxy groups -OCH3 is 1. The third-order valence-electron chi connectivity index (χ3n) is 4.39. The maximum Gasteiger partial charge on any atom is 0.227 e. The Hall–Kier alpha value is -2.40. The molecule has 1 saturated heterocycles. The normalized spacial score (nSPS) is 15.3. The molecule has 2 aromatic rings. The Morgan fingerprint density at radius 3 is 2.62 bits per heavy atom. The monoisotopic (exact) mass is 325 g/mol. The summed E-state index contributed by atoms with van der Waals surface area (Å²) in [5.41, 5.74) is 2.16. The van der Waals surface area contributed by atoms with E-state index in [4.69, 9.17) is 4.74 Å². The van der Waals surface area contributed by atoms with Crippen molar-refractivity contribution in [3.05, 3.63) is 59.9 Å². The first-order chi connectivity index (χ1) is 11.8. The van der Waals surface area contributed by atoms with Gasteiger partial charge >= 0.3 is 0 Å². The molecule has 126 valence electrons. The van der Waals surface area contributed by atoms with Crippen molar-refractivity contribution in [3.8, 4) is 5.75 Å². The van der Waals surface area contributed by atoms with Crippen molar-refractivity contribution in [1.82, 2.24) is 14.8 Å². The molecule has 0 radical (unpaired) electrons. The van der Waals surface area contributed by atoms with Crippen LogP contribution in [0.5, 0.6) is 5.75 Å². The van der Waals surface area contributed by atoms with E-state index in [0.29, 0.717) is 6.42 Å². The molecule has 1 amide bonds. The molecule has 0 unspecified atom stereocenters. The molecule has 1 aromatic heterocycles. The smallest absolute Gasteiger partial charge is 0.227 e. The zero-order chi connectivity index (χ0) is 16.8. The first kappa shape index (κ1) is 16.5. The minimum atomic E-state index is 0.167. The molecular weight excluding hydrogens is 302 g/mol. The summed E-state index contributed by atoms with van der Waals surface area (Å²) in [5.74, 6) is 0.946. The van der Waals surface area contributed by atoms with Crippen molar-refractivity contribution >= 4 is 5.91 Å². The van der Waals surface area contributed by atoms with E-state index in [0.717, 1.165) is 44.0 Å². The van der Waals surface area contributed by atoms with Gasteiger partial charge in [0.1, 0.15) is 5.75 Å². The van der Waals surface area contributed by atoms with E-state index in [-0.39, 0.29) is 5.91 Å². The van der Waals surface area contributed by atoms with Crippen LogP contribution in [0.25, 0.3) is 0 Å². The predicted octanol–water partition coefficient (Wildman–Crippen LogP) is 1.98.